The zero-order valence-electron chi connectivity index (χ0n) is 19.4. The van der Waals surface area contributed by atoms with Crippen molar-refractivity contribution in [1.82, 2.24) is 5.32 Å². The smallest absolute Gasteiger partial charge is 0.308 e. The predicted molar refractivity (Wildman–Crippen MR) is 132 cm³/mol. The molecule has 7 nitrogen and oxygen atoms in total. The number of rotatable bonds is 16. The van der Waals surface area contributed by atoms with Gasteiger partial charge in [-0.15, -0.1) is 0 Å². The molecule has 0 aromatic heterocycles. The second-order valence-electron chi connectivity index (χ2n) is 7.76. The van der Waals surface area contributed by atoms with E-state index in [1.54, 1.807) is 36.4 Å². The number of hydrogen-bond donors (Lipinski definition) is 3. The summed E-state index contributed by atoms with van der Waals surface area (Å²) in [4.78, 5) is 11.1. The minimum Gasteiger partial charge on any atom is -0.426 e. The normalized spacial score (nSPS) is 12.0. The molecule has 0 aliphatic carbocycles. The van der Waals surface area contributed by atoms with E-state index in [0.717, 1.165) is 31.4 Å². The summed E-state index contributed by atoms with van der Waals surface area (Å²) in [7, 11) is 0. The van der Waals surface area contributed by atoms with Gasteiger partial charge >= 0.3 is 5.97 Å². The van der Waals surface area contributed by atoms with Crippen molar-refractivity contribution in [1.29, 1.82) is 0 Å². The van der Waals surface area contributed by atoms with Crippen LogP contribution >= 0.6 is 23.2 Å². The van der Waals surface area contributed by atoms with Crippen molar-refractivity contribution < 1.29 is 29.2 Å². The van der Waals surface area contributed by atoms with E-state index in [2.05, 4.69) is 5.32 Å². The minimum absolute atomic E-state index is 0.277. The van der Waals surface area contributed by atoms with Gasteiger partial charge in [0.2, 0.25) is 0 Å². The van der Waals surface area contributed by atoms with Gasteiger partial charge in [0.15, 0.2) is 0 Å². The summed E-state index contributed by atoms with van der Waals surface area (Å²) in [5.74, 6) is -0.153. The molecule has 0 heterocycles. The summed E-state index contributed by atoms with van der Waals surface area (Å²) in [5.41, 5.74) is 1.90. The number of ether oxygens (including phenoxy) is 3. The number of hydrogen-bond acceptors (Lipinski definition) is 7. The second kappa shape index (κ2) is 16.1. The van der Waals surface area contributed by atoms with Gasteiger partial charge in [-0.2, -0.15) is 0 Å². The largest absolute Gasteiger partial charge is 0.426 e. The molecule has 0 radical (unpaired) electrons. The van der Waals surface area contributed by atoms with Gasteiger partial charge in [0.25, 0.3) is 0 Å². The zero-order chi connectivity index (χ0) is 24.8. The highest BCUT2D eigenvalue weighted by Gasteiger charge is 2.12. The highest BCUT2D eigenvalue weighted by atomic mass is 35.5. The number of carbonyl (C=O) groups is 1. The maximum atomic E-state index is 11.1. The van der Waals surface area contributed by atoms with E-state index in [-0.39, 0.29) is 6.61 Å². The maximum Gasteiger partial charge on any atom is 0.308 e. The van der Waals surface area contributed by atoms with Gasteiger partial charge in [0, 0.05) is 41.2 Å². The molecule has 188 valence electrons. The van der Waals surface area contributed by atoms with Crippen LogP contribution in [0.1, 0.15) is 49.0 Å². The fraction of sp³-hybridized carbons (Fsp3) is 0.480. The van der Waals surface area contributed by atoms with Gasteiger partial charge in [-0.05, 0) is 55.6 Å². The summed E-state index contributed by atoms with van der Waals surface area (Å²) < 4.78 is 16.2. The van der Waals surface area contributed by atoms with E-state index in [1.807, 2.05) is 0 Å². The van der Waals surface area contributed by atoms with Crippen molar-refractivity contribution >= 4 is 29.2 Å². The number of aliphatic hydroxyl groups is 2. The average molecular weight is 514 g/mol. The van der Waals surface area contributed by atoms with E-state index < -0.39 is 12.1 Å². The number of esters is 1. The first kappa shape index (κ1) is 28.5. The second-order valence-corrected chi connectivity index (χ2v) is 8.58. The summed E-state index contributed by atoms with van der Waals surface area (Å²) >= 11 is 12.2. The van der Waals surface area contributed by atoms with Gasteiger partial charge in [-0.1, -0.05) is 35.3 Å². The molecule has 0 spiro atoms. The van der Waals surface area contributed by atoms with Crippen molar-refractivity contribution in [2.45, 2.75) is 45.5 Å². The number of aliphatic hydroxyl groups excluding tert-OH is 2. The third-order valence-corrected chi connectivity index (χ3v) is 5.76. The Labute approximate surface area is 210 Å². The van der Waals surface area contributed by atoms with Crippen molar-refractivity contribution in [3.8, 4) is 5.75 Å². The molecule has 0 saturated heterocycles. The predicted octanol–water partition coefficient (Wildman–Crippen LogP) is 4.44. The van der Waals surface area contributed by atoms with Gasteiger partial charge in [-0.3, -0.25) is 4.79 Å². The molecule has 0 fully saturated rings. The molecule has 2 aromatic carbocycles. The van der Waals surface area contributed by atoms with Crippen LogP contribution in [0.2, 0.25) is 10.0 Å². The lowest BCUT2D eigenvalue weighted by Gasteiger charge is -2.15. The molecule has 9 heteroatoms. The van der Waals surface area contributed by atoms with Crippen LogP contribution < -0.4 is 10.1 Å². The Morgan fingerprint density at radius 3 is 2.47 bits per heavy atom. The third-order valence-electron chi connectivity index (χ3n) is 5.05. The molecule has 34 heavy (non-hydrogen) atoms. The Balaban J connectivity index is 1.50. The highest BCUT2D eigenvalue weighted by Crippen LogP contribution is 2.25. The van der Waals surface area contributed by atoms with Gasteiger partial charge in [-0.25, -0.2) is 0 Å². The number of nitrogens with one attached hydrogen (secondary N) is 1. The molecule has 2 rings (SSSR count). The van der Waals surface area contributed by atoms with Crippen LogP contribution in [0.3, 0.4) is 0 Å². The summed E-state index contributed by atoms with van der Waals surface area (Å²) in [6, 6.07) is 10.3. The lowest BCUT2D eigenvalue weighted by atomic mass is 10.1. The zero-order valence-corrected chi connectivity index (χ0v) is 20.9. The lowest BCUT2D eigenvalue weighted by Crippen LogP contribution is -2.22. The number of carbonyl (C=O) groups excluding carboxylic acids is 1. The Morgan fingerprint density at radius 1 is 1.03 bits per heavy atom. The Hall–Kier alpha value is -1.71. The SMILES string of the molecule is CC(=O)Oc1ccc(C(O)CNCCCCCOCCOCc2c(Cl)cccc2Cl)cc1CO. The van der Waals surface area contributed by atoms with Crippen LogP contribution in [0.25, 0.3) is 0 Å². The van der Waals surface area contributed by atoms with E-state index in [1.165, 1.54) is 6.92 Å². The molecule has 3 N–H and O–H groups in total. The molecule has 0 saturated carbocycles. The first-order valence-electron chi connectivity index (χ1n) is 11.3. The maximum absolute atomic E-state index is 11.1. The molecule has 0 aliphatic heterocycles. The van der Waals surface area contributed by atoms with E-state index >= 15 is 0 Å². The van der Waals surface area contributed by atoms with Gasteiger partial charge < -0.3 is 29.7 Å². The topological polar surface area (TPSA) is 97.3 Å². The molecule has 1 atom stereocenters. The monoisotopic (exact) mass is 513 g/mol. The summed E-state index contributed by atoms with van der Waals surface area (Å²) in [5, 5.41) is 24.3. The molecule has 1 unspecified atom stereocenters. The fourth-order valence-corrected chi connectivity index (χ4v) is 3.74. The number of halogens is 2. The first-order valence-corrected chi connectivity index (χ1v) is 12.1. The fourth-order valence-electron chi connectivity index (χ4n) is 3.24. The molecule has 0 amide bonds. The van der Waals surface area contributed by atoms with E-state index in [9.17, 15) is 15.0 Å². The van der Waals surface area contributed by atoms with Crippen LogP contribution in [0, 0.1) is 0 Å². The van der Waals surface area contributed by atoms with Crippen molar-refractivity contribution in [3.05, 3.63) is 63.1 Å². The van der Waals surface area contributed by atoms with Gasteiger partial charge in [0.05, 0.1) is 32.5 Å². The van der Waals surface area contributed by atoms with Crippen molar-refractivity contribution in [2.75, 3.05) is 32.9 Å². The van der Waals surface area contributed by atoms with Gasteiger partial charge in [0.1, 0.15) is 5.75 Å². The van der Waals surface area contributed by atoms with E-state index in [0.29, 0.717) is 59.9 Å². The minimum atomic E-state index is -0.722. The first-order chi connectivity index (χ1) is 16.4. The standard InChI is InChI=1S/C25H33Cl2NO6/c1-18(30)34-25-9-8-19(14-20(25)16-29)24(31)15-28-10-3-2-4-11-32-12-13-33-17-21-22(26)6-5-7-23(21)27/h5-9,14,24,28-29,31H,2-4,10-13,15-17H2,1H3. The quantitative estimate of drug-likeness (QED) is 0.173. The van der Waals surface area contributed by atoms with Crippen LogP contribution in [0.4, 0.5) is 0 Å². The van der Waals surface area contributed by atoms with Crippen LogP contribution in [-0.4, -0.2) is 49.1 Å². The third kappa shape index (κ3) is 10.3. The summed E-state index contributed by atoms with van der Waals surface area (Å²) in [6.07, 6.45) is 2.19. The van der Waals surface area contributed by atoms with Crippen molar-refractivity contribution in [2.24, 2.45) is 0 Å². The molecular weight excluding hydrogens is 481 g/mol. The van der Waals surface area contributed by atoms with Crippen LogP contribution in [0.15, 0.2) is 36.4 Å². The lowest BCUT2D eigenvalue weighted by molar-refractivity contribution is -0.131. The number of unbranched alkanes of at least 4 members (excludes halogenated alkanes) is 2. The Kier molecular flexibility index (Phi) is 13.5. The molecule has 2 aromatic rings. The van der Waals surface area contributed by atoms with Crippen LogP contribution in [0.5, 0.6) is 5.75 Å². The average Bonchev–Trinajstić information content (AvgIpc) is 2.81. The molecular formula is C25H33Cl2NO6. The summed E-state index contributed by atoms with van der Waals surface area (Å²) in [6.45, 7) is 4.20. The highest BCUT2D eigenvalue weighted by molar-refractivity contribution is 6.35. The molecule has 0 aliphatic rings. The Morgan fingerprint density at radius 2 is 1.76 bits per heavy atom. The Bertz CT molecular complexity index is 875. The molecule has 0 bridgehead atoms. The van der Waals surface area contributed by atoms with Crippen molar-refractivity contribution in [3.63, 3.8) is 0 Å². The van der Waals surface area contributed by atoms with E-state index in [4.69, 9.17) is 37.4 Å². The van der Waals surface area contributed by atoms with Crippen LogP contribution in [-0.2, 0) is 27.5 Å². The number of benzene rings is 2.